The second-order valence-electron chi connectivity index (χ2n) is 6.70. The summed E-state index contributed by atoms with van der Waals surface area (Å²) in [7, 11) is 1.70. The number of anilines is 1. The number of likely N-dealkylation sites (N-methyl/N-ethyl adjacent to an activating group) is 1. The van der Waals surface area contributed by atoms with Gasteiger partial charge in [-0.3, -0.25) is 0 Å². The molecule has 134 valence electrons. The van der Waals surface area contributed by atoms with Crippen LogP contribution in [0.2, 0.25) is 0 Å². The summed E-state index contributed by atoms with van der Waals surface area (Å²) in [5, 5.41) is 1.16. The first kappa shape index (κ1) is 16.9. The first-order chi connectivity index (χ1) is 12.8. The molecule has 2 aromatic carbocycles. The lowest BCUT2D eigenvalue weighted by molar-refractivity contribution is 0.270. The van der Waals surface area contributed by atoms with Crippen LogP contribution >= 0.6 is 0 Å². The Labute approximate surface area is 155 Å². The molecule has 0 N–H and O–H groups in total. The molecule has 1 aliphatic rings. The molecule has 4 rings (SSSR count). The molecule has 1 fully saturated rings. The van der Waals surface area contributed by atoms with Gasteiger partial charge in [0, 0.05) is 37.6 Å². The van der Waals surface area contributed by atoms with Crippen molar-refractivity contribution in [3.05, 3.63) is 54.6 Å². The van der Waals surface area contributed by atoms with Crippen LogP contribution in [0.25, 0.3) is 22.0 Å². The summed E-state index contributed by atoms with van der Waals surface area (Å²) in [5.41, 5.74) is 3.43. The number of hydrogen-bond acceptors (Lipinski definition) is 4. The smallest absolute Gasteiger partial charge is 0.129 e. The maximum absolute atomic E-state index is 5.42. The minimum Gasteiger partial charge on any atom is -0.497 e. The van der Waals surface area contributed by atoms with Crippen molar-refractivity contribution < 1.29 is 4.74 Å². The van der Waals surface area contributed by atoms with Gasteiger partial charge in [-0.15, -0.1) is 0 Å². The highest BCUT2D eigenvalue weighted by molar-refractivity contribution is 5.96. The Hall–Kier alpha value is -2.59. The maximum Gasteiger partial charge on any atom is 0.129 e. The van der Waals surface area contributed by atoms with E-state index in [1.807, 2.05) is 12.1 Å². The van der Waals surface area contributed by atoms with E-state index < -0.39 is 0 Å². The summed E-state index contributed by atoms with van der Waals surface area (Å²) in [6.07, 6.45) is 0. The van der Waals surface area contributed by atoms with E-state index in [2.05, 4.69) is 59.2 Å². The predicted octanol–water partition coefficient (Wildman–Crippen LogP) is 4.05. The topological polar surface area (TPSA) is 28.6 Å². The average Bonchev–Trinajstić information content (AvgIpc) is 2.73. The summed E-state index contributed by atoms with van der Waals surface area (Å²) >= 11 is 0. The highest BCUT2D eigenvalue weighted by Crippen LogP contribution is 2.33. The van der Waals surface area contributed by atoms with Gasteiger partial charge >= 0.3 is 0 Å². The third-order valence-corrected chi connectivity index (χ3v) is 5.23. The quantitative estimate of drug-likeness (QED) is 0.712. The first-order valence-corrected chi connectivity index (χ1v) is 9.30. The van der Waals surface area contributed by atoms with Crippen LogP contribution in [-0.4, -0.2) is 49.7 Å². The summed E-state index contributed by atoms with van der Waals surface area (Å²) in [4.78, 5) is 9.86. The van der Waals surface area contributed by atoms with Gasteiger partial charge in [0.15, 0.2) is 0 Å². The van der Waals surface area contributed by atoms with E-state index in [0.29, 0.717) is 0 Å². The molecule has 0 aliphatic carbocycles. The van der Waals surface area contributed by atoms with Crippen molar-refractivity contribution in [2.75, 3.05) is 44.7 Å². The molecule has 1 aliphatic heterocycles. The van der Waals surface area contributed by atoms with Crippen molar-refractivity contribution in [2.24, 2.45) is 0 Å². The molecule has 0 spiro atoms. The van der Waals surface area contributed by atoms with E-state index in [9.17, 15) is 0 Å². The highest BCUT2D eigenvalue weighted by atomic mass is 16.5. The number of methoxy groups -OCH3 is 1. The van der Waals surface area contributed by atoms with Crippen molar-refractivity contribution in [3.8, 4) is 16.9 Å². The molecule has 2 heterocycles. The van der Waals surface area contributed by atoms with Crippen molar-refractivity contribution >= 4 is 16.7 Å². The standard InChI is InChI=1S/C22H25N3O/c1-3-24-11-13-25(14-12-24)22-16-20(17-7-5-4-6-8-17)19-10-9-18(26-2)15-21(19)23-22/h4-10,15-16H,3,11-14H2,1-2H3. The van der Waals surface area contributed by atoms with Gasteiger partial charge in [-0.2, -0.15) is 0 Å². The Kier molecular flexibility index (Phi) is 4.76. The molecule has 4 heteroatoms. The molecule has 1 saturated heterocycles. The number of hydrogen-bond donors (Lipinski definition) is 0. The fourth-order valence-corrected chi connectivity index (χ4v) is 3.63. The zero-order valence-corrected chi connectivity index (χ0v) is 15.5. The third-order valence-electron chi connectivity index (χ3n) is 5.23. The molecule has 26 heavy (non-hydrogen) atoms. The fourth-order valence-electron chi connectivity index (χ4n) is 3.63. The zero-order chi connectivity index (χ0) is 17.9. The SMILES string of the molecule is CCN1CCN(c2cc(-c3ccccc3)c3ccc(OC)cc3n2)CC1. The van der Waals surface area contributed by atoms with Gasteiger partial charge < -0.3 is 14.5 Å². The third kappa shape index (κ3) is 3.25. The largest absolute Gasteiger partial charge is 0.497 e. The molecular formula is C22H25N3O. The maximum atomic E-state index is 5.42. The molecule has 0 radical (unpaired) electrons. The van der Waals surface area contributed by atoms with Crippen LogP contribution in [0.1, 0.15) is 6.92 Å². The van der Waals surface area contributed by atoms with Crippen LogP contribution < -0.4 is 9.64 Å². The van der Waals surface area contributed by atoms with Crippen molar-refractivity contribution in [1.82, 2.24) is 9.88 Å². The summed E-state index contributed by atoms with van der Waals surface area (Å²) in [6.45, 7) is 7.56. The van der Waals surface area contributed by atoms with Gasteiger partial charge in [0.2, 0.25) is 0 Å². The number of fused-ring (bicyclic) bond motifs is 1. The average molecular weight is 347 g/mol. The van der Waals surface area contributed by atoms with Gasteiger partial charge in [0.25, 0.3) is 0 Å². The van der Waals surface area contributed by atoms with Crippen LogP contribution in [0.4, 0.5) is 5.82 Å². The second-order valence-corrected chi connectivity index (χ2v) is 6.70. The van der Waals surface area contributed by atoms with E-state index >= 15 is 0 Å². The molecule has 0 saturated carbocycles. The number of piperazine rings is 1. The highest BCUT2D eigenvalue weighted by Gasteiger charge is 2.19. The molecule has 0 unspecified atom stereocenters. The van der Waals surface area contributed by atoms with Crippen molar-refractivity contribution in [1.29, 1.82) is 0 Å². The van der Waals surface area contributed by atoms with Crippen LogP contribution in [0.15, 0.2) is 54.6 Å². The van der Waals surface area contributed by atoms with Crippen LogP contribution in [0, 0.1) is 0 Å². The number of aromatic nitrogens is 1. The van der Waals surface area contributed by atoms with Crippen molar-refractivity contribution in [3.63, 3.8) is 0 Å². The molecule has 1 aromatic heterocycles. The number of nitrogens with zero attached hydrogens (tertiary/aromatic N) is 3. The Morgan fingerprint density at radius 1 is 0.962 bits per heavy atom. The Bertz CT molecular complexity index is 887. The van der Waals surface area contributed by atoms with E-state index in [0.717, 1.165) is 55.2 Å². The molecule has 0 bridgehead atoms. The van der Waals surface area contributed by atoms with Crippen LogP contribution in [0.3, 0.4) is 0 Å². The normalized spacial score (nSPS) is 15.4. The van der Waals surface area contributed by atoms with E-state index in [1.165, 1.54) is 11.1 Å². The summed E-state index contributed by atoms with van der Waals surface area (Å²) in [5.74, 6) is 1.90. The Morgan fingerprint density at radius 3 is 2.42 bits per heavy atom. The number of rotatable bonds is 4. The van der Waals surface area contributed by atoms with E-state index in [1.54, 1.807) is 7.11 Å². The van der Waals surface area contributed by atoms with E-state index in [-0.39, 0.29) is 0 Å². The monoisotopic (exact) mass is 347 g/mol. The molecule has 0 atom stereocenters. The van der Waals surface area contributed by atoms with E-state index in [4.69, 9.17) is 9.72 Å². The molecule has 3 aromatic rings. The van der Waals surface area contributed by atoms with Gasteiger partial charge in [0.1, 0.15) is 11.6 Å². The number of benzene rings is 2. The minimum atomic E-state index is 0.844. The van der Waals surface area contributed by atoms with Crippen LogP contribution in [-0.2, 0) is 0 Å². The zero-order valence-electron chi connectivity index (χ0n) is 15.5. The van der Waals surface area contributed by atoms with Crippen LogP contribution in [0.5, 0.6) is 5.75 Å². The van der Waals surface area contributed by atoms with Gasteiger partial charge in [-0.25, -0.2) is 4.98 Å². The predicted molar refractivity (Wildman–Crippen MR) is 108 cm³/mol. The lowest BCUT2D eigenvalue weighted by Gasteiger charge is -2.35. The number of ether oxygens (including phenoxy) is 1. The van der Waals surface area contributed by atoms with Gasteiger partial charge in [-0.05, 0) is 35.9 Å². The van der Waals surface area contributed by atoms with Gasteiger partial charge in [-0.1, -0.05) is 37.3 Å². The summed E-state index contributed by atoms with van der Waals surface area (Å²) < 4.78 is 5.42. The fraction of sp³-hybridized carbons (Fsp3) is 0.318. The summed E-state index contributed by atoms with van der Waals surface area (Å²) in [6, 6.07) is 19.0. The first-order valence-electron chi connectivity index (χ1n) is 9.30. The lowest BCUT2D eigenvalue weighted by atomic mass is 10.0. The number of pyridine rings is 1. The second kappa shape index (κ2) is 7.34. The minimum absolute atomic E-state index is 0.844. The lowest BCUT2D eigenvalue weighted by Crippen LogP contribution is -2.46. The Morgan fingerprint density at radius 2 is 1.73 bits per heavy atom. The molecular weight excluding hydrogens is 322 g/mol. The molecule has 4 nitrogen and oxygen atoms in total. The Balaban J connectivity index is 1.81. The molecule has 0 amide bonds. The van der Waals surface area contributed by atoms with Gasteiger partial charge in [0.05, 0.1) is 12.6 Å². The van der Waals surface area contributed by atoms with Crippen molar-refractivity contribution in [2.45, 2.75) is 6.92 Å².